The van der Waals surface area contributed by atoms with Crippen LogP contribution >= 0.6 is 0 Å². The summed E-state index contributed by atoms with van der Waals surface area (Å²) in [5.41, 5.74) is 12.8. The van der Waals surface area contributed by atoms with Crippen LogP contribution in [-0.4, -0.2) is 29.6 Å². The molecule has 0 amide bonds. The van der Waals surface area contributed by atoms with Crippen molar-refractivity contribution in [1.29, 1.82) is 5.26 Å². The molecule has 1 unspecified atom stereocenters. The minimum Gasteiger partial charge on any atom is -0.382 e. The van der Waals surface area contributed by atoms with E-state index in [1.54, 1.807) is 43.3 Å². The number of sulfone groups is 1. The number of nitrogens with zero attached hydrogens (tertiary/aromatic N) is 4. The fourth-order valence-corrected chi connectivity index (χ4v) is 4.59. The smallest absolute Gasteiger partial charge is 0.224 e. The number of benzene rings is 2. The number of anilines is 3. The first-order valence-corrected chi connectivity index (χ1v) is 12.0. The monoisotopic (exact) mass is 477 g/mol. The van der Waals surface area contributed by atoms with Gasteiger partial charge in [0.15, 0.2) is 15.7 Å². The highest BCUT2D eigenvalue weighted by atomic mass is 32.2. The van der Waals surface area contributed by atoms with E-state index in [1.807, 2.05) is 6.07 Å². The summed E-state index contributed by atoms with van der Waals surface area (Å²) in [6.07, 6.45) is 1.10. The number of aromatic nitrogens is 3. The Bertz CT molecular complexity index is 1580. The molecule has 0 spiro atoms. The molecular formula is C23H20FN7O2S. The first kappa shape index (κ1) is 22.9. The maximum absolute atomic E-state index is 14.6. The standard InChI is InChI=1S/C23H20FN7O2S/c1-12(28-22-16(11-25)21(26)30-23(27)31-22)15-10-13-6-5-8-17(24)19(13)29-20(15)14-7-3-4-9-18(14)34(2,32)33/h3-10,12H,1-2H3,(H5,26,27,28,30,31). The molecule has 11 heteroatoms. The Morgan fingerprint density at radius 3 is 2.53 bits per heavy atom. The van der Waals surface area contributed by atoms with E-state index < -0.39 is 21.7 Å². The number of nitrogens with two attached hydrogens (primary N) is 2. The average Bonchev–Trinajstić information content (AvgIpc) is 2.78. The summed E-state index contributed by atoms with van der Waals surface area (Å²) >= 11 is 0. The Labute approximate surface area is 195 Å². The van der Waals surface area contributed by atoms with Gasteiger partial charge in [-0.2, -0.15) is 15.2 Å². The fraction of sp³-hybridized carbons (Fsp3) is 0.130. The first-order valence-electron chi connectivity index (χ1n) is 10.1. The highest BCUT2D eigenvalue weighted by Crippen LogP contribution is 2.36. The van der Waals surface area contributed by atoms with E-state index in [0.717, 1.165) is 6.26 Å². The van der Waals surface area contributed by atoms with E-state index in [9.17, 15) is 18.1 Å². The molecule has 34 heavy (non-hydrogen) atoms. The molecule has 0 aliphatic heterocycles. The van der Waals surface area contributed by atoms with Crippen LogP contribution in [0.4, 0.5) is 22.0 Å². The SMILES string of the molecule is CC(Nc1nc(N)nc(N)c1C#N)c1cc2cccc(F)c2nc1-c1ccccc1S(C)(=O)=O. The average molecular weight is 478 g/mol. The van der Waals surface area contributed by atoms with Crippen molar-refractivity contribution in [2.24, 2.45) is 0 Å². The third-order valence-corrected chi connectivity index (χ3v) is 6.41. The van der Waals surface area contributed by atoms with Gasteiger partial charge in [0.1, 0.15) is 28.8 Å². The van der Waals surface area contributed by atoms with Crippen LogP contribution in [0, 0.1) is 17.1 Å². The van der Waals surface area contributed by atoms with E-state index in [-0.39, 0.29) is 39.3 Å². The van der Waals surface area contributed by atoms with Gasteiger partial charge in [-0.1, -0.05) is 30.3 Å². The number of nitrogens with one attached hydrogen (secondary N) is 1. The van der Waals surface area contributed by atoms with Crippen LogP contribution in [-0.2, 0) is 9.84 Å². The van der Waals surface area contributed by atoms with Crippen LogP contribution in [0.2, 0.25) is 0 Å². The van der Waals surface area contributed by atoms with Crippen LogP contribution in [0.3, 0.4) is 0 Å². The Morgan fingerprint density at radius 1 is 1.09 bits per heavy atom. The maximum atomic E-state index is 14.6. The number of nitriles is 1. The molecule has 2 heterocycles. The zero-order valence-corrected chi connectivity index (χ0v) is 19.1. The summed E-state index contributed by atoms with van der Waals surface area (Å²) < 4.78 is 39.6. The van der Waals surface area contributed by atoms with Gasteiger partial charge in [0.05, 0.1) is 16.6 Å². The van der Waals surface area contributed by atoms with Gasteiger partial charge in [0, 0.05) is 22.8 Å². The number of rotatable bonds is 5. The Hall–Kier alpha value is -4.30. The summed E-state index contributed by atoms with van der Waals surface area (Å²) in [6.45, 7) is 1.77. The molecule has 9 nitrogen and oxygen atoms in total. The minimum absolute atomic E-state index is 0.0129. The summed E-state index contributed by atoms with van der Waals surface area (Å²) in [5.74, 6) is -0.619. The zero-order chi connectivity index (χ0) is 24.6. The molecule has 0 aliphatic carbocycles. The van der Waals surface area contributed by atoms with E-state index in [1.165, 1.54) is 12.1 Å². The second-order valence-corrected chi connectivity index (χ2v) is 9.66. The number of fused-ring (bicyclic) bond motifs is 1. The Balaban J connectivity index is 1.96. The van der Waals surface area contributed by atoms with Gasteiger partial charge in [-0.05, 0) is 25.1 Å². The predicted octanol–water partition coefficient (Wildman–Crippen LogP) is 3.44. The highest BCUT2D eigenvalue weighted by molar-refractivity contribution is 7.90. The van der Waals surface area contributed by atoms with Crippen molar-refractivity contribution in [3.8, 4) is 17.3 Å². The Kier molecular flexibility index (Phi) is 5.76. The second kappa shape index (κ2) is 8.57. The summed E-state index contributed by atoms with van der Waals surface area (Å²) in [7, 11) is -3.62. The van der Waals surface area contributed by atoms with E-state index in [0.29, 0.717) is 16.5 Å². The molecule has 0 saturated carbocycles. The number of hydrogen-bond acceptors (Lipinski definition) is 9. The third-order valence-electron chi connectivity index (χ3n) is 5.25. The van der Waals surface area contributed by atoms with Crippen molar-refractivity contribution < 1.29 is 12.8 Å². The molecule has 0 saturated heterocycles. The van der Waals surface area contributed by atoms with E-state index >= 15 is 0 Å². The number of halogens is 1. The van der Waals surface area contributed by atoms with Gasteiger partial charge in [-0.3, -0.25) is 0 Å². The Morgan fingerprint density at radius 2 is 1.82 bits per heavy atom. The van der Waals surface area contributed by atoms with Gasteiger partial charge in [0.25, 0.3) is 0 Å². The molecule has 0 bridgehead atoms. The molecule has 4 rings (SSSR count). The van der Waals surface area contributed by atoms with Crippen molar-refractivity contribution >= 4 is 38.3 Å². The van der Waals surface area contributed by atoms with Gasteiger partial charge in [-0.25, -0.2) is 17.8 Å². The van der Waals surface area contributed by atoms with Crippen molar-refractivity contribution in [2.75, 3.05) is 23.0 Å². The van der Waals surface area contributed by atoms with Gasteiger partial charge in [0.2, 0.25) is 5.95 Å². The summed E-state index contributed by atoms with van der Waals surface area (Å²) in [6, 6.07) is 14.0. The molecule has 4 aromatic rings. The van der Waals surface area contributed by atoms with Crippen LogP contribution in [0.1, 0.15) is 24.1 Å². The fourth-order valence-electron chi connectivity index (χ4n) is 3.70. The molecule has 2 aromatic carbocycles. The lowest BCUT2D eigenvalue weighted by atomic mass is 9.98. The number of pyridine rings is 1. The molecule has 0 radical (unpaired) electrons. The van der Waals surface area contributed by atoms with Crippen LogP contribution in [0.15, 0.2) is 53.4 Å². The lowest BCUT2D eigenvalue weighted by Gasteiger charge is -2.21. The van der Waals surface area contributed by atoms with Crippen LogP contribution < -0.4 is 16.8 Å². The van der Waals surface area contributed by atoms with Crippen molar-refractivity contribution in [2.45, 2.75) is 17.9 Å². The molecule has 5 N–H and O–H groups in total. The lowest BCUT2D eigenvalue weighted by Crippen LogP contribution is -2.14. The molecule has 1 atom stereocenters. The maximum Gasteiger partial charge on any atom is 0.224 e. The molecular weight excluding hydrogens is 457 g/mol. The molecule has 0 fully saturated rings. The highest BCUT2D eigenvalue weighted by Gasteiger charge is 2.23. The summed E-state index contributed by atoms with van der Waals surface area (Å²) in [4.78, 5) is 12.5. The van der Waals surface area contributed by atoms with Crippen LogP contribution in [0.25, 0.3) is 22.2 Å². The minimum atomic E-state index is -3.62. The van der Waals surface area contributed by atoms with Gasteiger partial charge < -0.3 is 16.8 Å². The molecule has 2 aromatic heterocycles. The normalized spacial score (nSPS) is 12.3. The molecule has 172 valence electrons. The number of para-hydroxylation sites is 1. The van der Waals surface area contributed by atoms with Crippen LogP contribution in [0.5, 0.6) is 0 Å². The largest absolute Gasteiger partial charge is 0.382 e. The van der Waals surface area contributed by atoms with E-state index in [4.69, 9.17) is 11.5 Å². The second-order valence-electron chi connectivity index (χ2n) is 7.67. The van der Waals surface area contributed by atoms with Crippen molar-refractivity contribution in [3.05, 3.63) is 65.5 Å². The topological polar surface area (TPSA) is 161 Å². The molecule has 0 aliphatic rings. The number of hydrogen-bond donors (Lipinski definition) is 3. The van der Waals surface area contributed by atoms with Gasteiger partial charge >= 0.3 is 0 Å². The lowest BCUT2D eigenvalue weighted by molar-refractivity contribution is 0.602. The van der Waals surface area contributed by atoms with E-state index in [2.05, 4.69) is 20.3 Å². The number of nitrogen functional groups attached to an aromatic ring is 2. The quantitative estimate of drug-likeness (QED) is 0.391. The predicted molar refractivity (Wildman–Crippen MR) is 128 cm³/mol. The van der Waals surface area contributed by atoms with Crippen molar-refractivity contribution in [3.63, 3.8) is 0 Å². The van der Waals surface area contributed by atoms with Gasteiger partial charge in [-0.15, -0.1) is 0 Å². The third kappa shape index (κ3) is 4.18. The summed E-state index contributed by atoms with van der Waals surface area (Å²) in [5, 5.41) is 13.1. The van der Waals surface area contributed by atoms with Crippen molar-refractivity contribution in [1.82, 2.24) is 15.0 Å². The first-order chi connectivity index (χ1) is 16.1. The zero-order valence-electron chi connectivity index (χ0n) is 18.2.